The molecular formula is C23H24F4N6O. The van der Waals surface area contributed by atoms with Crippen LogP contribution in [0.15, 0.2) is 48.8 Å². The Kier molecular flexibility index (Phi) is 7.41. The van der Waals surface area contributed by atoms with E-state index in [9.17, 15) is 17.6 Å². The lowest BCUT2D eigenvalue weighted by Crippen LogP contribution is -2.38. The quantitative estimate of drug-likeness (QED) is 0.395. The molecule has 0 amide bonds. The SMILES string of the molecule is Fc1c(NCCC(F)(F)F)cccc1Oc1ncccc1-c1ccnc(N[C@H]2CCCNC2)n1. The highest BCUT2D eigenvalue weighted by molar-refractivity contribution is 5.66. The van der Waals surface area contributed by atoms with Gasteiger partial charge in [-0.1, -0.05) is 6.07 Å². The minimum Gasteiger partial charge on any atom is -0.435 e. The Morgan fingerprint density at radius 1 is 1.09 bits per heavy atom. The van der Waals surface area contributed by atoms with Gasteiger partial charge in [-0.2, -0.15) is 13.2 Å². The van der Waals surface area contributed by atoms with Crippen LogP contribution in [0.3, 0.4) is 0 Å². The highest BCUT2D eigenvalue weighted by Gasteiger charge is 2.26. The van der Waals surface area contributed by atoms with Crippen LogP contribution in [0.1, 0.15) is 19.3 Å². The average molecular weight is 476 g/mol. The molecule has 11 heteroatoms. The van der Waals surface area contributed by atoms with Crippen LogP contribution in [0.25, 0.3) is 11.3 Å². The number of hydrogen-bond acceptors (Lipinski definition) is 7. The van der Waals surface area contributed by atoms with Crippen molar-refractivity contribution in [1.82, 2.24) is 20.3 Å². The van der Waals surface area contributed by atoms with Gasteiger partial charge in [0, 0.05) is 31.5 Å². The summed E-state index contributed by atoms with van der Waals surface area (Å²) in [4.78, 5) is 13.1. The van der Waals surface area contributed by atoms with Gasteiger partial charge in [0.2, 0.25) is 11.8 Å². The van der Waals surface area contributed by atoms with E-state index in [-0.39, 0.29) is 23.4 Å². The number of hydrogen-bond donors (Lipinski definition) is 3. The fourth-order valence-electron chi connectivity index (χ4n) is 3.57. The number of pyridine rings is 1. The third-order valence-electron chi connectivity index (χ3n) is 5.23. The van der Waals surface area contributed by atoms with Gasteiger partial charge in [-0.15, -0.1) is 0 Å². The summed E-state index contributed by atoms with van der Waals surface area (Å²) in [7, 11) is 0. The Labute approximate surface area is 194 Å². The zero-order valence-corrected chi connectivity index (χ0v) is 18.2. The normalized spacial score (nSPS) is 16.2. The zero-order valence-electron chi connectivity index (χ0n) is 18.2. The Morgan fingerprint density at radius 3 is 2.76 bits per heavy atom. The first-order valence-corrected chi connectivity index (χ1v) is 10.9. The molecule has 1 atom stereocenters. The molecule has 7 nitrogen and oxygen atoms in total. The first-order chi connectivity index (χ1) is 16.4. The van der Waals surface area contributed by atoms with Crippen molar-refractivity contribution >= 4 is 11.6 Å². The largest absolute Gasteiger partial charge is 0.435 e. The molecule has 180 valence electrons. The van der Waals surface area contributed by atoms with Crippen molar-refractivity contribution in [2.45, 2.75) is 31.5 Å². The van der Waals surface area contributed by atoms with Crippen LogP contribution in [0.2, 0.25) is 0 Å². The molecule has 0 unspecified atom stereocenters. The monoisotopic (exact) mass is 476 g/mol. The molecule has 1 aliphatic rings. The smallest absolute Gasteiger partial charge is 0.390 e. The van der Waals surface area contributed by atoms with Crippen LogP contribution < -0.4 is 20.7 Å². The highest BCUT2D eigenvalue weighted by atomic mass is 19.4. The number of alkyl halides is 3. The fourth-order valence-corrected chi connectivity index (χ4v) is 3.57. The first kappa shape index (κ1) is 23.7. The van der Waals surface area contributed by atoms with Gasteiger partial charge in [0.1, 0.15) is 0 Å². The van der Waals surface area contributed by atoms with Crippen LogP contribution in [0.5, 0.6) is 11.6 Å². The van der Waals surface area contributed by atoms with Gasteiger partial charge in [0.25, 0.3) is 0 Å². The number of halogens is 4. The summed E-state index contributed by atoms with van der Waals surface area (Å²) in [6.07, 6.45) is -0.232. The number of piperidine rings is 1. The van der Waals surface area contributed by atoms with Crippen molar-refractivity contribution in [2.24, 2.45) is 0 Å². The van der Waals surface area contributed by atoms with Gasteiger partial charge in [-0.3, -0.25) is 0 Å². The molecule has 0 radical (unpaired) electrons. The molecule has 0 spiro atoms. The lowest BCUT2D eigenvalue weighted by atomic mass is 10.1. The summed E-state index contributed by atoms with van der Waals surface area (Å²) in [5, 5.41) is 9.09. The number of rotatable bonds is 8. The van der Waals surface area contributed by atoms with Crippen LogP contribution in [0, 0.1) is 5.82 Å². The Morgan fingerprint density at radius 2 is 1.97 bits per heavy atom. The minimum absolute atomic E-state index is 0.0890. The second-order valence-corrected chi connectivity index (χ2v) is 7.82. The summed E-state index contributed by atoms with van der Waals surface area (Å²) in [5.41, 5.74) is 0.961. The molecule has 1 saturated heterocycles. The zero-order chi connectivity index (χ0) is 24.0. The number of ether oxygens (including phenoxy) is 1. The van der Waals surface area contributed by atoms with E-state index in [1.807, 2.05) is 0 Å². The maximum absolute atomic E-state index is 14.9. The van der Waals surface area contributed by atoms with Crippen LogP contribution in [-0.2, 0) is 0 Å². The standard InChI is InChI=1S/C23H24F4N6O/c24-20-18(29-13-9-23(25,26)27)6-1-7-19(20)34-21-16(5-3-11-30-21)17-8-12-31-22(33-17)32-15-4-2-10-28-14-15/h1,3,5-8,11-12,15,28-29H,2,4,9-10,13-14H2,(H,31,32,33)/t15-/m0/s1. The van der Waals surface area contributed by atoms with Gasteiger partial charge in [-0.25, -0.2) is 19.3 Å². The van der Waals surface area contributed by atoms with E-state index in [1.165, 1.54) is 24.4 Å². The molecule has 1 aliphatic heterocycles. The van der Waals surface area contributed by atoms with Crippen molar-refractivity contribution in [3.63, 3.8) is 0 Å². The molecule has 3 aromatic rings. The maximum atomic E-state index is 14.9. The van der Waals surface area contributed by atoms with Crippen molar-refractivity contribution in [3.05, 3.63) is 54.6 Å². The summed E-state index contributed by atoms with van der Waals surface area (Å²) in [6, 6.07) is 9.57. The van der Waals surface area contributed by atoms with Crippen LogP contribution in [0.4, 0.5) is 29.2 Å². The van der Waals surface area contributed by atoms with Crippen molar-refractivity contribution in [1.29, 1.82) is 0 Å². The maximum Gasteiger partial charge on any atom is 0.390 e. The van der Waals surface area contributed by atoms with Gasteiger partial charge in [0.15, 0.2) is 11.6 Å². The molecule has 34 heavy (non-hydrogen) atoms. The Balaban J connectivity index is 1.52. The van der Waals surface area contributed by atoms with E-state index in [1.54, 1.807) is 24.4 Å². The average Bonchev–Trinajstić information content (AvgIpc) is 2.82. The van der Waals surface area contributed by atoms with Gasteiger partial charge < -0.3 is 20.7 Å². The number of benzene rings is 1. The van der Waals surface area contributed by atoms with Gasteiger partial charge in [-0.05, 0) is 49.7 Å². The van der Waals surface area contributed by atoms with E-state index in [0.717, 1.165) is 25.9 Å². The topological polar surface area (TPSA) is 84.0 Å². The van der Waals surface area contributed by atoms with E-state index in [0.29, 0.717) is 17.2 Å². The lowest BCUT2D eigenvalue weighted by molar-refractivity contribution is -0.131. The van der Waals surface area contributed by atoms with Gasteiger partial charge in [0.05, 0.1) is 23.4 Å². The third-order valence-corrected chi connectivity index (χ3v) is 5.23. The fraction of sp³-hybridized carbons (Fsp3) is 0.348. The molecule has 0 saturated carbocycles. The third kappa shape index (κ3) is 6.31. The van der Waals surface area contributed by atoms with E-state index in [4.69, 9.17) is 4.74 Å². The number of nitrogens with zero attached hydrogens (tertiary/aromatic N) is 3. The predicted molar refractivity (Wildman–Crippen MR) is 120 cm³/mol. The molecule has 1 aromatic carbocycles. The second kappa shape index (κ2) is 10.6. The van der Waals surface area contributed by atoms with Crippen molar-refractivity contribution in [3.8, 4) is 22.9 Å². The second-order valence-electron chi connectivity index (χ2n) is 7.82. The lowest BCUT2D eigenvalue weighted by Gasteiger charge is -2.23. The van der Waals surface area contributed by atoms with Crippen LogP contribution in [-0.4, -0.2) is 46.8 Å². The summed E-state index contributed by atoms with van der Waals surface area (Å²) < 4.78 is 57.9. The molecule has 0 bridgehead atoms. The van der Waals surface area contributed by atoms with Gasteiger partial charge >= 0.3 is 6.18 Å². The molecule has 3 heterocycles. The molecule has 2 aromatic heterocycles. The first-order valence-electron chi connectivity index (χ1n) is 10.9. The number of anilines is 2. The molecule has 0 aliphatic carbocycles. The molecular weight excluding hydrogens is 452 g/mol. The Hall–Kier alpha value is -3.47. The summed E-state index contributed by atoms with van der Waals surface area (Å²) in [6.45, 7) is 1.36. The van der Waals surface area contributed by atoms with Crippen LogP contribution >= 0.6 is 0 Å². The van der Waals surface area contributed by atoms with E-state index >= 15 is 0 Å². The molecule has 1 fully saturated rings. The number of nitrogens with one attached hydrogen (secondary N) is 3. The molecule has 4 rings (SSSR count). The Bertz CT molecular complexity index is 1100. The van der Waals surface area contributed by atoms with Crippen molar-refractivity contribution in [2.75, 3.05) is 30.3 Å². The summed E-state index contributed by atoms with van der Waals surface area (Å²) in [5.74, 6) is -0.408. The van der Waals surface area contributed by atoms with Crippen molar-refractivity contribution < 1.29 is 22.3 Å². The predicted octanol–water partition coefficient (Wildman–Crippen LogP) is 5.00. The minimum atomic E-state index is -4.33. The highest BCUT2D eigenvalue weighted by Crippen LogP contribution is 2.34. The summed E-state index contributed by atoms with van der Waals surface area (Å²) >= 11 is 0. The van der Waals surface area contributed by atoms with E-state index < -0.39 is 25.0 Å². The molecule has 3 N–H and O–H groups in total. The van der Waals surface area contributed by atoms with E-state index in [2.05, 4.69) is 30.9 Å². The number of aromatic nitrogens is 3.